The first-order valence-corrected chi connectivity index (χ1v) is 7.11. The second-order valence-electron chi connectivity index (χ2n) is 4.68. The molecule has 2 aromatic heterocycles. The maximum absolute atomic E-state index is 5.88. The lowest BCUT2D eigenvalue weighted by atomic mass is 10.3. The molecular formula is C12H17ClN6O. The molecule has 2 N–H and O–H groups in total. The number of nitrogens with zero attached hydrogens (tertiary/aromatic N) is 4. The minimum absolute atomic E-state index is 0.209. The SMILES string of the molecule is Clc1nc(NCCCN2CCOCC2)c2[nH]cnc2n1. The van der Waals surface area contributed by atoms with Crippen LogP contribution in [0.1, 0.15) is 6.42 Å². The number of ether oxygens (including phenoxy) is 1. The minimum Gasteiger partial charge on any atom is -0.379 e. The Balaban J connectivity index is 1.53. The Morgan fingerprint density at radius 1 is 1.35 bits per heavy atom. The van der Waals surface area contributed by atoms with E-state index in [2.05, 4.69) is 30.2 Å². The zero-order chi connectivity index (χ0) is 13.8. The molecule has 20 heavy (non-hydrogen) atoms. The zero-order valence-corrected chi connectivity index (χ0v) is 11.9. The van der Waals surface area contributed by atoms with Crippen molar-refractivity contribution in [1.82, 2.24) is 24.8 Å². The summed E-state index contributed by atoms with van der Waals surface area (Å²) >= 11 is 5.88. The van der Waals surface area contributed by atoms with Crippen LogP contribution in [0.4, 0.5) is 5.82 Å². The molecule has 3 rings (SSSR count). The standard InChI is InChI=1S/C12H17ClN6O/c13-12-17-10(9-11(18-12)16-8-15-9)14-2-1-3-19-4-6-20-7-5-19/h8H,1-7H2,(H2,14,15,16,17,18). The van der Waals surface area contributed by atoms with Gasteiger partial charge in [0.25, 0.3) is 0 Å². The summed E-state index contributed by atoms with van der Waals surface area (Å²) in [5.74, 6) is 0.708. The summed E-state index contributed by atoms with van der Waals surface area (Å²) in [5.41, 5.74) is 1.38. The number of hydrogen-bond acceptors (Lipinski definition) is 6. The Labute approximate surface area is 121 Å². The van der Waals surface area contributed by atoms with Crippen LogP contribution in [0.2, 0.25) is 5.28 Å². The van der Waals surface area contributed by atoms with Crippen molar-refractivity contribution in [2.75, 3.05) is 44.7 Å². The van der Waals surface area contributed by atoms with E-state index in [0.717, 1.165) is 51.3 Å². The van der Waals surface area contributed by atoms with Crippen LogP contribution in [0.3, 0.4) is 0 Å². The molecule has 0 aliphatic carbocycles. The largest absolute Gasteiger partial charge is 0.379 e. The number of hydrogen-bond donors (Lipinski definition) is 2. The molecule has 8 heteroatoms. The van der Waals surface area contributed by atoms with Crippen LogP contribution >= 0.6 is 11.6 Å². The number of halogens is 1. The van der Waals surface area contributed by atoms with Gasteiger partial charge in [0.1, 0.15) is 5.52 Å². The third kappa shape index (κ3) is 3.17. The molecule has 0 spiro atoms. The highest BCUT2D eigenvalue weighted by Crippen LogP contribution is 2.18. The molecule has 0 unspecified atom stereocenters. The van der Waals surface area contributed by atoms with Gasteiger partial charge < -0.3 is 15.0 Å². The highest BCUT2D eigenvalue weighted by molar-refractivity contribution is 6.28. The second-order valence-corrected chi connectivity index (χ2v) is 5.01. The van der Waals surface area contributed by atoms with Crippen LogP contribution in [-0.4, -0.2) is 64.2 Å². The van der Waals surface area contributed by atoms with Gasteiger partial charge in [0.2, 0.25) is 5.28 Å². The summed E-state index contributed by atoms with van der Waals surface area (Å²) in [5, 5.41) is 3.50. The van der Waals surface area contributed by atoms with E-state index in [0.29, 0.717) is 11.5 Å². The van der Waals surface area contributed by atoms with Gasteiger partial charge in [-0.05, 0) is 24.6 Å². The lowest BCUT2D eigenvalue weighted by Gasteiger charge is -2.26. The third-order valence-corrected chi connectivity index (χ3v) is 3.47. The molecule has 1 aliphatic heterocycles. The molecule has 0 radical (unpaired) electrons. The fourth-order valence-corrected chi connectivity index (χ4v) is 2.43. The van der Waals surface area contributed by atoms with Gasteiger partial charge in [-0.25, -0.2) is 4.98 Å². The van der Waals surface area contributed by atoms with Crippen molar-refractivity contribution in [2.24, 2.45) is 0 Å². The van der Waals surface area contributed by atoms with Gasteiger partial charge >= 0.3 is 0 Å². The van der Waals surface area contributed by atoms with E-state index >= 15 is 0 Å². The summed E-state index contributed by atoms with van der Waals surface area (Å²) < 4.78 is 5.33. The lowest BCUT2D eigenvalue weighted by molar-refractivity contribution is 0.0378. The fraction of sp³-hybridized carbons (Fsp3) is 0.583. The quantitative estimate of drug-likeness (QED) is 0.636. The van der Waals surface area contributed by atoms with E-state index in [1.165, 1.54) is 0 Å². The van der Waals surface area contributed by atoms with Crippen molar-refractivity contribution >= 4 is 28.6 Å². The molecule has 0 saturated carbocycles. The maximum Gasteiger partial charge on any atom is 0.226 e. The maximum atomic E-state index is 5.88. The topological polar surface area (TPSA) is 79.0 Å². The van der Waals surface area contributed by atoms with Gasteiger partial charge in [0, 0.05) is 19.6 Å². The van der Waals surface area contributed by atoms with E-state index in [9.17, 15) is 0 Å². The van der Waals surface area contributed by atoms with E-state index in [1.54, 1.807) is 6.33 Å². The minimum atomic E-state index is 0.209. The van der Waals surface area contributed by atoms with Gasteiger partial charge in [0.15, 0.2) is 11.5 Å². The molecular weight excluding hydrogens is 280 g/mol. The van der Waals surface area contributed by atoms with Gasteiger partial charge in [-0.1, -0.05) is 0 Å². The van der Waals surface area contributed by atoms with Crippen LogP contribution in [0.15, 0.2) is 6.33 Å². The molecule has 0 aromatic carbocycles. The molecule has 3 heterocycles. The summed E-state index contributed by atoms with van der Waals surface area (Å²) in [6, 6.07) is 0. The molecule has 0 amide bonds. The predicted molar refractivity (Wildman–Crippen MR) is 77.1 cm³/mol. The van der Waals surface area contributed by atoms with E-state index in [4.69, 9.17) is 16.3 Å². The highest BCUT2D eigenvalue weighted by atomic mass is 35.5. The van der Waals surface area contributed by atoms with Gasteiger partial charge in [-0.3, -0.25) is 4.90 Å². The number of anilines is 1. The van der Waals surface area contributed by atoms with Gasteiger partial charge in [-0.15, -0.1) is 0 Å². The fourth-order valence-electron chi connectivity index (χ4n) is 2.27. The molecule has 7 nitrogen and oxygen atoms in total. The molecule has 2 aromatic rings. The second kappa shape index (κ2) is 6.34. The molecule has 0 atom stereocenters. The third-order valence-electron chi connectivity index (χ3n) is 3.31. The van der Waals surface area contributed by atoms with Crippen molar-refractivity contribution in [3.05, 3.63) is 11.6 Å². The van der Waals surface area contributed by atoms with Gasteiger partial charge in [-0.2, -0.15) is 9.97 Å². The number of imidazole rings is 1. The number of morpholine rings is 1. The first-order valence-electron chi connectivity index (χ1n) is 6.73. The number of aromatic amines is 1. The Bertz CT molecular complexity index is 568. The molecule has 108 valence electrons. The van der Waals surface area contributed by atoms with Crippen LogP contribution in [-0.2, 0) is 4.74 Å². The molecule has 0 bridgehead atoms. The number of rotatable bonds is 5. The zero-order valence-electron chi connectivity index (χ0n) is 11.1. The van der Waals surface area contributed by atoms with Crippen molar-refractivity contribution in [3.8, 4) is 0 Å². The lowest BCUT2D eigenvalue weighted by Crippen LogP contribution is -2.37. The molecule has 1 aliphatic rings. The van der Waals surface area contributed by atoms with E-state index in [1.807, 2.05) is 0 Å². The average molecular weight is 297 g/mol. The van der Waals surface area contributed by atoms with Crippen molar-refractivity contribution in [3.63, 3.8) is 0 Å². The van der Waals surface area contributed by atoms with Gasteiger partial charge in [0.05, 0.1) is 19.5 Å². The first kappa shape index (κ1) is 13.5. The molecule has 1 fully saturated rings. The number of fused-ring (bicyclic) bond motifs is 1. The summed E-state index contributed by atoms with van der Waals surface area (Å²) in [7, 11) is 0. The number of aromatic nitrogens is 4. The van der Waals surface area contributed by atoms with Crippen molar-refractivity contribution in [1.29, 1.82) is 0 Å². The van der Waals surface area contributed by atoms with Crippen molar-refractivity contribution < 1.29 is 4.74 Å². The van der Waals surface area contributed by atoms with Crippen LogP contribution in [0.25, 0.3) is 11.2 Å². The summed E-state index contributed by atoms with van der Waals surface area (Å²) in [4.78, 5) is 17.8. The smallest absolute Gasteiger partial charge is 0.226 e. The Hall–Kier alpha value is -1.44. The summed E-state index contributed by atoms with van der Waals surface area (Å²) in [6.45, 7) is 5.60. The van der Waals surface area contributed by atoms with Crippen LogP contribution < -0.4 is 5.32 Å². The summed E-state index contributed by atoms with van der Waals surface area (Å²) in [6.07, 6.45) is 2.63. The monoisotopic (exact) mass is 296 g/mol. The number of nitrogens with one attached hydrogen (secondary N) is 2. The van der Waals surface area contributed by atoms with Crippen LogP contribution in [0.5, 0.6) is 0 Å². The highest BCUT2D eigenvalue weighted by Gasteiger charge is 2.10. The Morgan fingerprint density at radius 2 is 2.20 bits per heavy atom. The van der Waals surface area contributed by atoms with E-state index in [-0.39, 0.29) is 5.28 Å². The number of H-pyrrole nitrogens is 1. The Kier molecular flexibility index (Phi) is 4.29. The van der Waals surface area contributed by atoms with E-state index < -0.39 is 0 Å². The van der Waals surface area contributed by atoms with Crippen LogP contribution in [0, 0.1) is 0 Å². The molecule has 1 saturated heterocycles. The van der Waals surface area contributed by atoms with Crippen molar-refractivity contribution in [2.45, 2.75) is 6.42 Å². The predicted octanol–water partition coefficient (Wildman–Crippen LogP) is 1.14. The average Bonchev–Trinajstić information content (AvgIpc) is 2.92. The normalized spacial score (nSPS) is 16.6. The Morgan fingerprint density at radius 3 is 3.05 bits per heavy atom. The first-order chi connectivity index (χ1) is 9.83.